The molecule has 1 aromatic rings. The van der Waals surface area contributed by atoms with Gasteiger partial charge in [0.05, 0.1) is 40.9 Å². The van der Waals surface area contributed by atoms with E-state index in [9.17, 15) is 15.0 Å². The molecular formula is C14H18Cl2N2O5. The molecule has 23 heavy (non-hydrogen) atoms. The van der Waals surface area contributed by atoms with Crippen molar-refractivity contribution in [2.45, 2.75) is 24.3 Å². The Balaban J connectivity index is 1.76. The first-order valence-electron chi connectivity index (χ1n) is 7.00. The van der Waals surface area contributed by atoms with Crippen LogP contribution in [0.1, 0.15) is 0 Å². The van der Waals surface area contributed by atoms with Crippen molar-refractivity contribution in [1.29, 1.82) is 0 Å². The van der Waals surface area contributed by atoms with Crippen molar-refractivity contribution in [3.05, 3.63) is 28.2 Å². The van der Waals surface area contributed by atoms with Gasteiger partial charge >= 0.3 is 0 Å². The molecule has 0 aromatic heterocycles. The molecule has 4 atom stereocenters. The van der Waals surface area contributed by atoms with E-state index in [1.165, 1.54) is 6.07 Å². The Kier molecular flexibility index (Phi) is 6.46. The van der Waals surface area contributed by atoms with Gasteiger partial charge in [-0.2, -0.15) is 0 Å². The van der Waals surface area contributed by atoms with Gasteiger partial charge in [-0.05, 0) is 12.1 Å². The van der Waals surface area contributed by atoms with E-state index in [0.717, 1.165) is 0 Å². The first-order chi connectivity index (χ1) is 10.9. The Hall–Kier alpha value is -1.09. The van der Waals surface area contributed by atoms with E-state index in [4.69, 9.17) is 33.0 Å². The molecule has 1 heterocycles. The quantitative estimate of drug-likeness (QED) is 0.467. The van der Waals surface area contributed by atoms with Crippen LogP contribution < -0.4 is 15.4 Å². The molecule has 1 saturated heterocycles. The van der Waals surface area contributed by atoms with Gasteiger partial charge in [0, 0.05) is 12.6 Å². The van der Waals surface area contributed by atoms with Crippen LogP contribution in [0.5, 0.6) is 5.75 Å². The summed E-state index contributed by atoms with van der Waals surface area (Å²) in [5.74, 6) is 0.0105. The summed E-state index contributed by atoms with van der Waals surface area (Å²) in [5.41, 5.74) is 0. The van der Waals surface area contributed by atoms with Crippen molar-refractivity contribution in [3.8, 4) is 5.75 Å². The van der Waals surface area contributed by atoms with Gasteiger partial charge in [0.25, 0.3) is 5.91 Å². The number of rotatable bonds is 6. The SMILES string of the molecule is O=C(COc1ccc(Cl)c(Cl)c1)NC[C@H]1N[C@H](CO)[C@@H](O)[C@@H]1O. The number of hydrogen-bond acceptors (Lipinski definition) is 6. The molecule has 0 unspecified atom stereocenters. The molecule has 0 aliphatic carbocycles. The number of aliphatic hydroxyl groups is 3. The zero-order valence-corrected chi connectivity index (χ0v) is 13.6. The standard InChI is InChI=1S/C14H18Cl2N2O5/c15-8-2-1-7(3-9(8)16)23-6-12(20)17-4-10-13(21)14(22)11(5-19)18-10/h1-3,10-11,13-14,18-19,21-22H,4-6H2,(H,17,20)/t10-,11-,13-,14-/m1/s1. The molecule has 128 valence electrons. The highest BCUT2D eigenvalue weighted by atomic mass is 35.5. The smallest absolute Gasteiger partial charge is 0.257 e. The maximum Gasteiger partial charge on any atom is 0.257 e. The summed E-state index contributed by atoms with van der Waals surface area (Å²) in [6.07, 6.45) is -2.14. The van der Waals surface area contributed by atoms with Gasteiger partial charge < -0.3 is 30.7 Å². The summed E-state index contributed by atoms with van der Waals surface area (Å²) in [5, 5.41) is 34.6. The number of carbonyl (C=O) groups excluding carboxylic acids is 1. The van der Waals surface area contributed by atoms with Gasteiger partial charge in [-0.25, -0.2) is 0 Å². The number of amides is 1. The number of benzene rings is 1. The van der Waals surface area contributed by atoms with Crippen molar-refractivity contribution in [1.82, 2.24) is 10.6 Å². The Bertz CT molecular complexity index is 560. The maximum atomic E-state index is 11.7. The van der Waals surface area contributed by atoms with Crippen molar-refractivity contribution < 1.29 is 24.9 Å². The fourth-order valence-corrected chi connectivity index (χ4v) is 2.57. The largest absolute Gasteiger partial charge is 0.484 e. The number of nitrogens with one attached hydrogen (secondary N) is 2. The number of aliphatic hydroxyl groups excluding tert-OH is 3. The third-order valence-electron chi connectivity index (χ3n) is 3.58. The Labute approximate surface area is 143 Å². The predicted molar refractivity (Wildman–Crippen MR) is 84.8 cm³/mol. The highest BCUT2D eigenvalue weighted by molar-refractivity contribution is 6.42. The highest BCUT2D eigenvalue weighted by Gasteiger charge is 2.40. The summed E-state index contributed by atoms with van der Waals surface area (Å²) in [4.78, 5) is 11.7. The average molecular weight is 365 g/mol. The molecule has 7 nitrogen and oxygen atoms in total. The molecule has 1 amide bonds. The molecule has 1 aliphatic heterocycles. The summed E-state index contributed by atoms with van der Waals surface area (Å²) >= 11 is 11.6. The van der Waals surface area contributed by atoms with E-state index in [1.54, 1.807) is 12.1 Å². The van der Waals surface area contributed by atoms with Gasteiger partial charge in [0.2, 0.25) is 0 Å². The molecule has 0 saturated carbocycles. The molecule has 9 heteroatoms. The Morgan fingerprint density at radius 2 is 1.91 bits per heavy atom. The van der Waals surface area contributed by atoms with Crippen molar-refractivity contribution in [3.63, 3.8) is 0 Å². The van der Waals surface area contributed by atoms with Crippen molar-refractivity contribution in [2.75, 3.05) is 19.8 Å². The molecule has 1 fully saturated rings. The van der Waals surface area contributed by atoms with Crippen LogP contribution in [-0.2, 0) is 4.79 Å². The van der Waals surface area contributed by atoms with Crippen LogP contribution in [0, 0.1) is 0 Å². The molecule has 0 spiro atoms. The minimum absolute atomic E-state index is 0.0955. The van der Waals surface area contributed by atoms with E-state index >= 15 is 0 Å². The first-order valence-corrected chi connectivity index (χ1v) is 7.75. The van der Waals surface area contributed by atoms with Gasteiger partial charge in [-0.1, -0.05) is 23.2 Å². The van der Waals surface area contributed by atoms with Gasteiger partial charge in [0.1, 0.15) is 5.75 Å². The second-order valence-corrected chi connectivity index (χ2v) is 6.03. The second kappa shape index (κ2) is 8.14. The lowest BCUT2D eigenvalue weighted by Crippen LogP contribution is -2.45. The predicted octanol–water partition coefficient (Wildman–Crippen LogP) is -0.457. The van der Waals surface area contributed by atoms with E-state index in [2.05, 4.69) is 10.6 Å². The van der Waals surface area contributed by atoms with E-state index in [0.29, 0.717) is 15.8 Å². The van der Waals surface area contributed by atoms with E-state index in [-0.39, 0.29) is 19.8 Å². The lowest BCUT2D eigenvalue weighted by molar-refractivity contribution is -0.123. The number of hydrogen-bond donors (Lipinski definition) is 5. The van der Waals surface area contributed by atoms with Crippen LogP contribution in [0.3, 0.4) is 0 Å². The minimum atomic E-state index is -1.07. The maximum absolute atomic E-state index is 11.7. The van der Waals surface area contributed by atoms with Crippen molar-refractivity contribution >= 4 is 29.1 Å². The molecular weight excluding hydrogens is 347 g/mol. The molecule has 0 bridgehead atoms. The average Bonchev–Trinajstić information content (AvgIpc) is 2.81. The lowest BCUT2D eigenvalue weighted by Gasteiger charge is -2.16. The number of halogens is 2. The number of ether oxygens (including phenoxy) is 1. The van der Waals surface area contributed by atoms with E-state index in [1.807, 2.05) is 0 Å². The van der Waals surface area contributed by atoms with Crippen molar-refractivity contribution in [2.24, 2.45) is 0 Å². The molecule has 0 radical (unpaired) electrons. The molecule has 5 N–H and O–H groups in total. The third-order valence-corrected chi connectivity index (χ3v) is 4.32. The Morgan fingerprint density at radius 3 is 2.52 bits per heavy atom. The van der Waals surface area contributed by atoms with Gasteiger partial charge in [0.15, 0.2) is 6.61 Å². The van der Waals surface area contributed by atoms with Crippen LogP contribution in [-0.4, -0.2) is 65.3 Å². The normalized spacial score (nSPS) is 27.0. The number of carbonyl (C=O) groups is 1. The third kappa shape index (κ3) is 4.69. The topological polar surface area (TPSA) is 111 Å². The van der Waals surface area contributed by atoms with Crippen LogP contribution >= 0.6 is 23.2 Å². The summed E-state index contributed by atoms with van der Waals surface area (Å²) in [6.45, 7) is -0.436. The Morgan fingerprint density at radius 1 is 1.22 bits per heavy atom. The minimum Gasteiger partial charge on any atom is -0.484 e. The fraction of sp³-hybridized carbons (Fsp3) is 0.500. The molecule has 2 rings (SSSR count). The fourth-order valence-electron chi connectivity index (χ4n) is 2.28. The van der Waals surface area contributed by atoms with Gasteiger partial charge in [-0.15, -0.1) is 0 Å². The molecule has 1 aromatic carbocycles. The first kappa shape index (κ1) is 18.3. The van der Waals surface area contributed by atoms with Crippen LogP contribution in [0.2, 0.25) is 10.0 Å². The molecule has 1 aliphatic rings. The summed E-state index contributed by atoms with van der Waals surface area (Å²) < 4.78 is 5.28. The second-order valence-electron chi connectivity index (χ2n) is 5.21. The monoisotopic (exact) mass is 364 g/mol. The van der Waals surface area contributed by atoms with Gasteiger partial charge in [-0.3, -0.25) is 4.79 Å². The lowest BCUT2D eigenvalue weighted by atomic mass is 10.1. The zero-order chi connectivity index (χ0) is 17.0. The highest BCUT2D eigenvalue weighted by Crippen LogP contribution is 2.26. The van der Waals surface area contributed by atoms with Crippen LogP contribution in [0.25, 0.3) is 0 Å². The van der Waals surface area contributed by atoms with E-state index < -0.39 is 30.2 Å². The van der Waals surface area contributed by atoms with Crippen LogP contribution in [0.4, 0.5) is 0 Å². The zero-order valence-electron chi connectivity index (χ0n) is 12.1. The summed E-state index contributed by atoms with van der Waals surface area (Å²) in [7, 11) is 0. The van der Waals surface area contributed by atoms with Crippen LogP contribution in [0.15, 0.2) is 18.2 Å². The summed E-state index contributed by atoms with van der Waals surface area (Å²) in [6, 6.07) is 3.50.